The standard InChI is InChI=1S/C8H16Si2/c9-7-5-3-1-2-4-6-8-10/h1-8H2. The molecule has 0 nitrogen and oxygen atoms in total. The van der Waals surface area contributed by atoms with Crippen LogP contribution in [0.3, 0.4) is 0 Å². The summed E-state index contributed by atoms with van der Waals surface area (Å²) in [6.07, 6.45) is 8.29. The third-order valence-corrected chi connectivity index (χ3v) is 2.31. The van der Waals surface area contributed by atoms with Gasteiger partial charge < -0.3 is 0 Å². The highest BCUT2D eigenvalue weighted by atomic mass is 28.1. The molecule has 56 valence electrons. The molecule has 0 spiro atoms. The van der Waals surface area contributed by atoms with Crippen molar-refractivity contribution in [3.05, 3.63) is 0 Å². The molecule has 2 heteroatoms. The lowest BCUT2D eigenvalue weighted by Crippen LogP contribution is -1.79. The third kappa shape index (κ3) is 8.43. The van der Waals surface area contributed by atoms with Crippen molar-refractivity contribution in [3.8, 4) is 0 Å². The van der Waals surface area contributed by atoms with E-state index in [0.29, 0.717) is 0 Å². The first kappa shape index (κ1) is 10.4. The molecule has 0 amide bonds. The van der Waals surface area contributed by atoms with Gasteiger partial charge in [-0.2, -0.15) is 0 Å². The van der Waals surface area contributed by atoms with Gasteiger partial charge in [-0.15, -0.1) is 0 Å². The van der Waals surface area contributed by atoms with Gasteiger partial charge in [-0.25, -0.2) is 0 Å². The van der Waals surface area contributed by atoms with Gasteiger partial charge in [0, 0.05) is 20.5 Å². The molecule has 0 atom stereocenters. The average molecular weight is 168 g/mol. The van der Waals surface area contributed by atoms with Crippen molar-refractivity contribution < 1.29 is 0 Å². The highest BCUT2D eigenvalue weighted by Gasteiger charge is 1.87. The molecule has 0 saturated heterocycles. The molecular weight excluding hydrogens is 152 g/mol. The Morgan fingerprint density at radius 2 is 0.800 bits per heavy atom. The minimum atomic E-state index is 1.16. The lowest BCUT2D eigenvalue weighted by molar-refractivity contribution is 0.624. The van der Waals surface area contributed by atoms with E-state index < -0.39 is 0 Å². The van der Waals surface area contributed by atoms with Crippen molar-refractivity contribution in [2.75, 3.05) is 0 Å². The van der Waals surface area contributed by atoms with Crippen LogP contribution in [0.1, 0.15) is 38.5 Å². The summed E-state index contributed by atoms with van der Waals surface area (Å²) in [5.74, 6) is 0. The Bertz CT molecular complexity index is 47.2. The van der Waals surface area contributed by atoms with Crippen molar-refractivity contribution in [1.82, 2.24) is 0 Å². The molecule has 0 rings (SSSR count). The largest absolute Gasteiger partial charge is 0.0638 e. The molecule has 0 unspecified atom stereocenters. The van der Waals surface area contributed by atoms with E-state index in [0.717, 1.165) is 12.1 Å². The van der Waals surface area contributed by atoms with Gasteiger partial charge in [0.1, 0.15) is 0 Å². The van der Waals surface area contributed by atoms with Crippen LogP contribution in [0.15, 0.2) is 0 Å². The second-order valence-corrected chi connectivity index (χ2v) is 3.62. The maximum absolute atomic E-state index is 3.47. The Kier molecular flexibility index (Phi) is 9.84. The van der Waals surface area contributed by atoms with E-state index >= 15 is 0 Å². The van der Waals surface area contributed by atoms with E-state index in [-0.39, 0.29) is 0 Å². The fraction of sp³-hybridized carbons (Fsp3) is 1.00. The highest BCUT2D eigenvalue weighted by molar-refractivity contribution is 6.08. The Morgan fingerprint density at radius 3 is 1.10 bits per heavy atom. The van der Waals surface area contributed by atoms with E-state index in [9.17, 15) is 0 Å². The topological polar surface area (TPSA) is 0 Å². The van der Waals surface area contributed by atoms with Crippen LogP contribution in [0.5, 0.6) is 0 Å². The zero-order chi connectivity index (χ0) is 7.66. The van der Waals surface area contributed by atoms with Crippen molar-refractivity contribution in [2.24, 2.45) is 0 Å². The average Bonchev–Trinajstić information content (AvgIpc) is 1.97. The SMILES string of the molecule is [Si]CCCCCCCC[Si]. The van der Waals surface area contributed by atoms with Crippen molar-refractivity contribution >= 4 is 20.5 Å². The summed E-state index contributed by atoms with van der Waals surface area (Å²) in [4.78, 5) is 0. The molecule has 10 heavy (non-hydrogen) atoms. The summed E-state index contributed by atoms with van der Waals surface area (Å²) >= 11 is 0. The van der Waals surface area contributed by atoms with Gasteiger partial charge in [0.15, 0.2) is 0 Å². The molecule has 0 heterocycles. The summed E-state index contributed by atoms with van der Waals surface area (Å²) in [5, 5.41) is 0. The van der Waals surface area contributed by atoms with E-state index in [1.54, 1.807) is 0 Å². The van der Waals surface area contributed by atoms with Crippen molar-refractivity contribution in [3.63, 3.8) is 0 Å². The second-order valence-electron chi connectivity index (χ2n) is 2.62. The Balaban J connectivity index is 2.65. The molecule has 0 bridgehead atoms. The van der Waals surface area contributed by atoms with Crippen LogP contribution in [-0.4, -0.2) is 20.5 Å². The van der Waals surface area contributed by atoms with Crippen LogP contribution in [0.25, 0.3) is 0 Å². The molecule has 0 aromatic carbocycles. The molecule has 0 N–H and O–H groups in total. The number of rotatable bonds is 7. The first-order valence-electron chi connectivity index (χ1n) is 4.21. The number of unbranched alkanes of at least 4 members (excludes halogenated alkanes) is 5. The minimum absolute atomic E-state index is 1.16. The predicted molar refractivity (Wildman–Crippen MR) is 48.8 cm³/mol. The first-order chi connectivity index (χ1) is 4.91. The van der Waals surface area contributed by atoms with E-state index in [2.05, 4.69) is 20.5 Å². The second kappa shape index (κ2) is 9.43. The third-order valence-electron chi connectivity index (χ3n) is 1.60. The fourth-order valence-electron chi connectivity index (χ4n) is 0.957. The smallest absolute Gasteiger partial charge is 0.0222 e. The predicted octanol–water partition coefficient (Wildman–Crippen LogP) is 2.50. The van der Waals surface area contributed by atoms with Crippen LogP contribution in [0.4, 0.5) is 0 Å². The number of hydrogen-bond donors (Lipinski definition) is 0. The molecule has 0 aliphatic heterocycles. The molecule has 0 aromatic rings. The first-order valence-corrected chi connectivity index (χ1v) is 5.62. The highest BCUT2D eigenvalue weighted by Crippen LogP contribution is 2.06. The van der Waals surface area contributed by atoms with Gasteiger partial charge >= 0.3 is 0 Å². The summed E-state index contributed by atoms with van der Waals surface area (Å²) in [6, 6.07) is 2.33. The van der Waals surface area contributed by atoms with Crippen LogP contribution in [0, 0.1) is 0 Å². The molecule has 0 fully saturated rings. The van der Waals surface area contributed by atoms with Crippen LogP contribution in [0.2, 0.25) is 12.1 Å². The van der Waals surface area contributed by atoms with Gasteiger partial charge in [0.2, 0.25) is 0 Å². The molecule has 0 saturated carbocycles. The minimum Gasteiger partial charge on any atom is -0.0638 e. The van der Waals surface area contributed by atoms with E-state index in [1.165, 1.54) is 38.5 Å². The molecule has 0 aliphatic rings. The Hall–Kier alpha value is 0.434. The van der Waals surface area contributed by atoms with Crippen LogP contribution >= 0.6 is 0 Å². The molecule has 0 aromatic heterocycles. The maximum atomic E-state index is 3.47. The summed E-state index contributed by atoms with van der Waals surface area (Å²) in [5.41, 5.74) is 0. The maximum Gasteiger partial charge on any atom is 0.0222 e. The van der Waals surface area contributed by atoms with Crippen LogP contribution < -0.4 is 0 Å². The Labute approximate surface area is 71.6 Å². The lowest BCUT2D eigenvalue weighted by atomic mass is 10.1. The van der Waals surface area contributed by atoms with E-state index in [1.807, 2.05) is 0 Å². The zero-order valence-electron chi connectivity index (χ0n) is 6.66. The van der Waals surface area contributed by atoms with Gasteiger partial charge in [0.05, 0.1) is 0 Å². The summed E-state index contributed by atoms with van der Waals surface area (Å²) < 4.78 is 0. The normalized spacial score (nSPS) is 10.2. The fourth-order valence-corrected chi connectivity index (χ4v) is 1.46. The quantitative estimate of drug-likeness (QED) is 0.405. The molecule has 6 radical (unpaired) electrons. The monoisotopic (exact) mass is 168 g/mol. The van der Waals surface area contributed by atoms with Gasteiger partial charge in [-0.1, -0.05) is 50.6 Å². The van der Waals surface area contributed by atoms with E-state index in [4.69, 9.17) is 0 Å². The van der Waals surface area contributed by atoms with Gasteiger partial charge in [0.25, 0.3) is 0 Å². The summed E-state index contributed by atoms with van der Waals surface area (Å²) in [6.45, 7) is 0. The number of hydrogen-bond acceptors (Lipinski definition) is 0. The van der Waals surface area contributed by atoms with Gasteiger partial charge in [-0.3, -0.25) is 0 Å². The van der Waals surface area contributed by atoms with Crippen molar-refractivity contribution in [1.29, 1.82) is 0 Å². The zero-order valence-corrected chi connectivity index (χ0v) is 8.66. The molecule has 0 aliphatic carbocycles. The Morgan fingerprint density at radius 1 is 0.500 bits per heavy atom. The lowest BCUT2D eigenvalue weighted by Gasteiger charge is -1.97. The van der Waals surface area contributed by atoms with Crippen LogP contribution in [-0.2, 0) is 0 Å². The molecular formula is C8H16Si2. The summed E-state index contributed by atoms with van der Waals surface area (Å²) in [7, 11) is 6.93. The van der Waals surface area contributed by atoms with Gasteiger partial charge in [-0.05, 0) is 0 Å². The van der Waals surface area contributed by atoms with Crippen molar-refractivity contribution in [2.45, 2.75) is 50.6 Å².